The van der Waals surface area contributed by atoms with Gasteiger partial charge in [0.15, 0.2) is 0 Å². The molecule has 0 saturated heterocycles. The van der Waals surface area contributed by atoms with Crippen LogP contribution in [0.25, 0.3) is 0 Å². The summed E-state index contributed by atoms with van der Waals surface area (Å²) < 4.78 is 0. The van der Waals surface area contributed by atoms with E-state index in [-0.39, 0.29) is 0 Å². The van der Waals surface area contributed by atoms with Crippen molar-refractivity contribution in [3.05, 3.63) is 42.4 Å². The molecule has 0 unspecified atom stereocenters. The number of benzene rings is 1. The fraction of sp³-hybridized carbons (Fsp3) is 0.300. The van der Waals surface area contributed by atoms with Gasteiger partial charge >= 0.3 is 0 Å². The molecule has 65 valence electrons. The number of rotatable bonds is 3. The number of nitrogens with one attached hydrogen (secondary N) is 1. The first kappa shape index (κ1) is 9.48. The van der Waals surface area contributed by atoms with E-state index < -0.39 is 8.24 Å². The zero-order valence-electron chi connectivity index (χ0n) is 7.96. The summed E-state index contributed by atoms with van der Waals surface area (Å²) in [5.41, 5.74) is 1.25. The SMILES string of the molecule is C[Si](C)(C)N[CH]c1ccccc1. The summed E-state index contributed by atoms with van der Waals surface area (Å²) in [5, 5.41) is 0. The Kier molecular flexibility index (Phi) is 3.06. The normalized spacial score (nSPS) is 11.6. The second-order valence-corrected chi connectivity index (χ2v) is 8.74. The van der Waals surface area contributed by atoms with E-state index in [2.05, 4.69) is 55.4 Å². The molecule has 0 saturated carbocycles. The van der Waals surface area contributed by atoms with Gasteiger partial charge in [-0.1, -0.05) is 50.0 Å². The predicted octanol–water partition coefficient (Wildman–Crippen LogP) is 2.62. The van der Waals surface area contributed by atoms with Crippen LogP contribution in [0.15, 0.2) is 30.3 Å². The van der Waals surface area contributed by atoms with E-state index in [1.807, 2.05) is 6.07 Å². The van der Waals surface area contributed by atoms with Crippen LogP contribution in [-0.2, 0) is 0 Å². The fourth-order valence-electron chi connectivity index (χ4n) is 0.849. The molecule has 1 nitrogen and oxygen atoms in total. The van der Waals surface area contributed by atoms with Gasteiger partial charge in [0.2, 0.25) is 0 Å². The van der Waals surface area contributed by atoms with Gasteiger partial charge in [-0.25, -0.2) is 0 Å². The van der Waals surface area contributed by atoms with Gasteiger partial charge in [0.05, 0.1) is 0 Å². The van der Waals surface area contributed by atoms with Crippen LogP contribution in [-0.4, -0.2) is 8.24 Å². The highest BCUT2D eigenvalue weighted by molar-refractivity contribution is 6.73. The summed E-state index contributed by atoms with van der Waals surface area (Å²) in [6.45, 7) is 8.96. The quantitative estimate of drug-likeness (QED) is 0.702. The molecule has 1 aromatic carbocycles. The van der Waals surface area contributed by atoms with Crippen LogP contribution in [0.2, 0.25) is 19.6 Å². The molecule has 0 spiro atoms. The molecule has 12 heavy (non-hydrogen) atoms. The van der Waals surface area contributed by atoms with E-state index in [1.165, 1.54) is 5.56 Å². The minimum absolute atomic E-state index is 1.15. The van der Waals surface area contributed by atoms with Crippen molar-refractivity contribution in [3.8, 4) is 0 Å². The molecule has 0 fully saturated rings. The topological polar surface area (TPSA) is 12.0 Å². The highest BCUT2D eigenvalue weighted by Gasteiger charge is 2.11. The van der Waals surface area contributed by atoms with Gasteiger partial charge in [-0.15, -0.1) is 0 Å². The molecule has 1 N–H and O–H groups in total. The molecule has 0 aliphatic rings. The average Bonchev–Trinajstić information content (AvgIpc) is 2.02. The van der Waals surface area contributed by atoms with Crippen molar-refractivity contribution in [1.82, 2.24) is 4.98 Å². The average molecular weight is 178 g/mol. The third-order valence-corrected chi connectivity index (χ3v) is 2.48. The lowest BCUT2D eigenvalue weighted by atomic mass is 10.2. The maximum Gasteiger partial charge on any atom is 0.116 e. The molecular formula is C10H16NSi. The Balaban J connectivity index is 2.44. The van der Waals surface area contributed by atoms with Crippen LogP contribution >= 0.6 is 0 Å². The van der Waals surface area contributed by atoms with Crippen LogP contribution in [0.1, 0.15) is 5.56 Å². The van der Waals surface area contributed by atoms with Gasteiger partial charge in [0.1, 0.15) is 8.24 Å². The maximum atomic E-state index is 3.45. The zero-order valence-corrected chi connectivity index (χ0v) is 8.96. The van der Waals surface area contributed by atoms with E-state index in [0.717, 1.165) is 0 Å². The van der Waals surface area contributed by atoms with Crippen molar-refractivity contribution in [2.24, 2.45) is 0 Å². The molecule has 0 heterocycles. The Morgan fingerprint density at radius 3 is 2.17 bits per heavy atom. The van der Waals surface area contributed by atoms with Gasteiger partial charge in [-0.3, -0.25) is 0 Å². The van der Waals surface area contributed by atoms with Crippen molar-refractivity contribution in [2.45, 2.75) is 19.6 Å². The Hall–Kier alpha value is -0.603. The Bertz CT molecular complexity index is 225. The van der Waals surface area contributed by atoms with Gasteiger partial charge < -0.3 is 4.98 Å². The summed E-state index contributed by atoms with van der Waals surface area (Å²) in [4.78, 5) is 3.45. The standard InChI is InChI=1S/C10H16NSi/c1-12(2,3)11-9-10-7-5-4-6-8-10/h4-9,11H,1-3H3. The van der Waals surface area contributed by atoms with Crippen LogP contribution in [0.4, 0.5) is 0 Å². The summed E-state index contributed by atoms with van der Waals surface area (Å²) in [5.74, 6) is 0. The predicted molar refractivity (Wildman–Crippen MR) is 56.3 cm³/mol. The molecule has 1 rings (SSSR count). The number of hydrogen-bond donors (Lipinski definition) is 1. The van der Waals surface area contributed by atoms with Crippen molar-refractivity contribution in [1.29, 1.82) is 0 Å². The van der Waals surface area contributed by atoms with Gasteiger partial charge in [0, 0.05) is 6.54 Å². The zero-order chi connectivity index (χ0) is 9.03. The second kappa shape index (κ2) is 3.87. The summed E-state index contributed by atoms with van der Waals surface area (Å²) in [7, 11) is -1.15. The highest BCUT2D eigenvalue weighted by atomic mass is 28.3. The molecule has 1 aromatic rings. The first-order chi connectivity index (χ1) is 5.58. The maximum absolute atomic E-state index is 3.45. The molecule has 0 aliphatic carbocycles. The van der Waals surface area contributed by atoms with Gasteiger partial charge in [0.25, 0.3) is 0 Å². The molecule has 0 bridgehead atoms. The van der Waals surface area contributed by atoms with E-state index >= 15 is 0 Å². The molecule has 0 amide bonds. The van der Waals surface area contributed by atoms with E-state index in [1.54, 1.807) is 0 Å². The van der Waals surface area contributed by atoms with E-state index in [0.29, 0.717) is 0 Å². The Morgan fingerprint density at radius 1 is 1.08 bits per heavy atom. The van der Waals surface area contributed by atoms with Crippen LogP contribution in [0, 0.1) is 6.54 Å². The van der Waals surface area contributed by atoms with Gasteiger partial charge in [-0.2, -0.15) is 0 Å². The smallest absolute Gasteiger partial charge is 0.116 e. The minimum atomic E-state index is -1.15. The molecule has 0 aliphatic heterocycles. The highest BCUT2D eigenvalue weighted by Crippen LogP contribution is 2.02. The Morgan fingerprint density at radius 2 is 1.67 bits per heavy atom. The molecule has 0 aromatic heterocycles. The lowest BCUT2D eigenvalue weighted by Gasteiger charge is -2.17. The van der Waals surface area contributed by atoms with Crippen LogP contribution in [0.3, 0.4) is 0 Å². The van der Waals surface area contributed by atoms with E-state index in [4.69, 9.17) is 0 Å². The van der Waals surface area contributed by atoms with E-state index in [9.17, 15) is 0 Å². The lowest BCUT2D eigenvalue weighted by molar-refractivity contribution is 1.14. The summed E-state index contributed by atoms with van der Waals surface area (Å²) in [6, 6.07) is 10.3. The van der Waals surface area contributed by atoms with Crippen molar-refractivity contribution in [2.75, 3.05) is 0 Å². The summed E-state index contributed by atoms with van der Waals surface area (Å²) in [6.07, 6.45) is 0. The number of hydrogen-bond acceptors (Lipinski definition) is 1. The van der Waals surface area contributed by atoms with Crippen LogP contribution in [0.5, 0.6) is 0 Å². The third kappa shape index (κ3) is 3.69. The lowest BCUT2D eigenvalue weighted by Crippen LogP contribution is -2.39. The first-order valence-corrected chi connectivity index (χ1v) is 7.74. The third-order valence-electron chi connectivity index (χ3n) is 1.47. The molecule has 1 radical (unpaired) electrons. The molecular weight excluding hydrogens is 162 g/mol. The van der Waals surface area contributed by atoms with Crippen molar-refractivity contribution in [3.63, 3.8) is 0 Å². The second-order valence-electron chi connectivity index (χ2n) is 3.95. The molecule has 2 heteroatoms. The largest absolute Gasteiger partial charge is 0.329 e. The monoisotopic (exact) mass is 178 g/mol. The summed E-state index contributed by atoms with van der Waals surface area (Å²) >= 11 is 0. The minimum Gasteiger partial charge on any atom is -0.329 e. The first-order valence-electron chi connectivity index (χ1n) is 4.24. The van der Waals surface area contributed by atoms with Crippen LogP contribution < -0.4 is 4.98 Å². The Labute approximate surface area is 75.9 Å². The van der Waals surface area contributed by atoms with Crippen molar-refractivity contribution < 1.29 is 0 Å². The fourth-order valence-corrected chi connectivity index (χ4v) is 1.45. The van der Waals surface area contributed by atoms with Crippen molar-refractivity contribution >= 4 is 8.24 Å². The van der Waals surface area contributed by atoms with Gasteiger partial charge in [-0.05, 0) is 5.56 Å². The molecule has 0 atom stereocenters.